The van der Waals surface area contributed by atoms with Gasteiger partial charge in [-0.2, -0.15) is 0 Å². The smallest absolute Gasteiger partial charge is 0.255 e. The van der Waals surface area contributed by atoms with Crippen molar-refractivity contribution in [1.29, 1.82) is 0 Å². The van der Waals surface area contributed by atoms with Gasteiger partial charge in [0.1, 0.15) is 5.65 Å². The number of carbonyl (C=O) groups is 1. The van der Waals surface area contributed by atoms with E-state index in [1.165, 1.54) is 0 Å². The summed E-state index contributed by atoms with van der Waals surface area (Å²) in [6, 6.07) is 3.79. The fourth-order valence-electron chi connectivity index (χ4n) is 2.42. The van der Waals surface area contributed by atoms with Crippen molar-refractivity contribution in [1.82, 2.24) is 14.3 Å². The molecule has 5 nitrogen and oxygen atoms in total. The van der Waals surface area contributed by atoms with Gasteiger partial charge in [0.05, 0.1) is 5.56 Å². The molecule has 94 valence electrons. The highest BCUT2D eigenvalue weighted by Crippen LogP contribution is 2.13. The van der Waals surface area contributed by atoms with E-state index >= 15 is 0 Å². The highest BCUT2D eigenvalue weighted by molar-refractivity contribution is 5.94. The van der Waals surface area contributed by atoms with Crippen LogP contribution in [0.1, 0.15) is 23.2 Å². The molecular weight excluding hydrogens is 228 g/mol. The number of nitrogens with two attached hydrogens (primary N) is 1. The molecule has 1 fully saturated rings. The van der Waals surface area contributed by atoms with Gasteiger partial charge in [-0.15, -0.1) is 0 Å². The number of fused-ring (bicyclic) bond motifs is 1. The number of amides is 1. The molecule has 3 rings (SSSR count). The Morgan fingerprint density at radius 3 is 3.17 bits per heavy atom. The van der Waals surface area contributed by atoms with Crippen molar-refractivity contribution in [2.75, 3.05) is 13.1 Å². The molecule has 0 aromatic carbocycles. The number of piperidine rings is 1. The molecule has 3 heterocycles. The Morgan fingerprint density at radius 2 is 2.33 bits per heavy atom. The van der Waals surface area contributed by atoms with Crippen LogP contribution < -0.4 is 5.73 Å². The first-order chi connectivity index (χ1) is 8.74. The van der Waals surface area contributed by atoms with Crippen molar-refractivity contribution in [3.8, 4) is 0 Å². The summed E-state index contributed by atoms with van der Waals surface area (Å²) in [4.78, 5) is 18.3. The Balaban J connectivity index is 1.86. The van der Waals surface area contributed by atoms with Gasteiger partial charge in [0, 0.05) is 37.7 Å². The normalized spacial score (nSPS) is 20.3. The predicted molar refractivity (Wildman–Crippen MR) is 68.3 cm³/mol. The van der Waals surface area contributed by atoms with Gasteiger partial charge in [-0.05, 0) is 25.0 Å². The molecule has 0 aliphatic carbocycles. The average Bonchev–Trinajstić information content (AvgIpc) is 2.85. The molecule has 0 spiro atoms. The zero-order valence-corrected chi connectivity index (χ0v) is 10.1. The van der Waals surface area contributed by atoms with Crippen LogP contribution in [0.2, 0.25) is 0 Å². The minimum atomic E-state index is 0.0563. The molecule has 0 radical (unpaired) electrons. The summed E-state index contributed by atoms with van der Waals surface area (Å²) in [7, 11) is 0. The van der Waals surface area contributed by atoms with Gasteiger partial charge in [0.15, 0.2) is 0 Å². The molecule has 1 unspecified atom stereocenters. The molecule has 1 aliphatic rings. The van der Waals surface area contributed by atoms with E-state index in [4.69, 9.17) is 5.73 Å². The fourth-order valence-corrected chi connectivity index (χ4v) is 2.42. The van der Waals surface area contributed by atoms with E-state index in [0.29, 0.717) is 12.1 Å². The third-order valence-electron chi connectivity index (χ3n) is 3.38. The highest BCUT2D eigenvalue weighted by Gasteiger charge is 2.22. The Morgan fingerprint density at radius 1 is 1.44 bits per heavy atom. The van der Waals surface area contributed by atoms with Crippen LogP contribution in [0.3, 0.4) is 0 Å². The molecule has 18 heavy (non-hydrogen) atoms. The first-order valence-electron chi connectivity index (χ1n) is 6.21. The van der Waals surface area contributed by atoms with E-state index in [2.05, 4.69) is 4.98 Å². The van der Waals surface area contributed by atoms with Crippen molar-refractivity contribution in [2.45, 2.75) is 18.9 Å². The summed E-state index contributed by atoms with van der Waals surface area (Å²) in [5.74, 6) is 0.0563. The first kappa shape index (κ1) is 11.2. The predicted octanol–water partition coefficient (Wildman–Crippen LogP) is 0.898. The van der Waals surface area contributed by atoms with Crippen LogP contribution in [0.5, 0.6) is 0 Å². The van der Waals surface area contributed by atoms with Gasteiger partial charge >= 0.3 is 0 Å². The van der Waals surface area contributed by atoms with Crippen LogP contribution in [-0.2, 0) is 0 Å². The number of imidazole rings is 1. The van der Waals surface area contributed by atoms with Crippen LogP contribution in [0.4, 0.5) is 0 Å². The maximum atomic E-state index is 12.3. The Hall–Kier alpha value is -1.88. The van der Waals surface area contributed by atoms with Crippen LogP contribution in [0.25, 0.3) is 5.65 Å². The second-order valence-electron chi connectivity index (χ2n) is 4.76. The average molecular weight is 244 g/mol. The van der Waals surface area contributed by atoms with Crippen LogP contribution >= 0.6 is 0 Å². The monoisotopic (exact) mass is 244 g/mol. The number of hydrogen-bond acceptors (Lipinski definition) is 3. The Labute approximate surface area is 105 Å². The summed E-state index contributed by atoms with van der Waals surface area (Å²) in [5, 5.41) is 0. The van der Waals surface area contributed by atoms with E-state index in [1.807, 2.05) is 33.8 Å². The minimum Gasteiger partial charge on any atom is -0.337 e. The molecule has 2 aromatic rings. The molecular formula is C13H16N4O. The lowest BCUT2D eigenvalue weighted by molar-refractivity contribution is 0.0708. The Kier molecular flexibility index (Phi) is 2.76. The van der Waals surface area contributed by atoms with E-state index < -0.39 is 0 Å². The van der Waals surface area contributed by atoms with Gasteiger partial charge in [0.25, 0.3) is 5.91 Å². The molecule has 1 amide bonds. The minimum absolute atomic E-state index is 0.0563. The maximum absolute atomic E-state index is 12.3. The van der Waals surface area contributed by atoms with Gasteiger partial charge in [-0.1, -0.05) is 0 Å². The lowest BCUT2D eigenvalue weighted by Gasteiger charge is -2.30. The standard InChI is InChI=1S/C13H16N4O/c14-11-2-1-6-17(9-11)13(18)10-3-4-12-15-5-7-16(12)8-10/h3-5,7-8,11H,1-2,6,9,14H2. The second kappa shape index (κ2) is 4.42. The van der Waals surface area contributed by atoms with Crippen molar-refractivity contribution < 1.29 is 4.79 Å². The number of aromatic nitrogens is 2. The number of nitrogens with zero attached hydrogens (tertiary/aromatic N) is 3. The van der Waals surface area contributed by atoms with Crippen LogP contribution in [-0.4, -0.2) is 39.3 Å². The van der Waals surface area contributed by atoms with Crippen molar-refractivity contribution >= 4 is 11.6 Å². The van der Waals surface area contributed by atoms with Gasteiger partial charge in [-0.25, -0.2) is 4.98 Å². The largest absolute Gasteiger partial charge is 0.337 e. The number of pyridine rings is 1. The lowest BCUT2D eigenvalue weighted by Crippen LogP contribution is -2.45. The summed E-state index contributed by atoms with van der Waals surface area (Å²) in [6.07, 6.45) is 7.38. The van der Waals surface area contributed by atoms with E-state index in [-0.39, 0.29) is 11.9 Å². The number of hydrogen-bond donors (Lipinski definition) is 1. The Bertz CT molecular complexity index is 577. The van der Waals surface area contributed by atoms with Gasteiger partial charge in [0.2, 0.25) is 0 Å². The lowest BCUT2D eigenvalue weighted by atomic mass is 10.1. The first-order valence-corrected chi connectivity index (χ1v) is 6.21. The van der Waals surface area contributed by atoms with Crippen LogP contribution in [0.15, 0.2) is 30.7 Å². The third-order valence-corrected chi connectivity index (χ3v) is 3.38. The highest BCUT2D eigenvalue weighted by atomic mass is 16.2. The molecule has 0 bridgehead atoms. The summed E-state index contributed by atoms with van der Waals surface area (Å²) in [5.41, 5.74) is 7.44. The number of likely N-dealkylation sites (tertiary alicyclic amines) is 1. The quantitative estimate of drug-likeness (QED) is 0.810. The van der Waals surface area contributed by atoms with Gasteiger partial charge < -0.3 is 15.0 Å². The molecule has 2 aromatic heterocycles. The summed E-state index contributed by atoms with van der Waals surface area (Å²) < 4.78 is 1.86. The third kappa shape index (κ3) is 1.97. The van der Waals surface area contributed by atoms with Crippen LogP contribution in [0, 0.1) is 0 Å². The number of carbonyl (C=O) groups excluding carboxylic acids is 1. The zero-order chi connectivity index (χ0) is 12.5. The fraction of sp³-hybridized carbons (Fsp3) is 0.385. The molecule has 1 saturated heterocycles. The molecule has 1 atom stereocenters. The van der Waals surface area contributed by atoms with Gasteiger partial charge in [-0.3, -0.25) is 4.79 Å². The molecule has 0 saturated carbocycles. The SMILES string of the molecule is NC1CCCN(C(=O)c2ccc3nccn3c2)C1. The molecule has 2 N–H and O–H groups in total. The van der Waals surface area contributed by atoms with Crippen molar-refractivity contribution in [3.63, 3.8) is 0 Å². The molecule has 5 heteroatoms. The van der Waals surface area contributed by atoms with E-state index in [1.54, 1.807) is 6.20 Å². The van der Waals surface area contributed by atoms with E-state index in [9.17, 15) is 4.79 Å². The topological polar surface area (TPSA) is 63.6 Å². The van der Waals surface area contributed by atoms with Crippen molar-refractivity contribution in [2.24, 2.45) is 5.73 Å². The summed E-state index contributed by atoms with van der Waals surface area (Å²) in [6.45, 7) is 1.45. The summed E-state index contributed by atoms with van der Waals surface area (Å²) >= 11 is 0. The molecule has 1 aliphatic heterocycles. The second-order valence-corrected chi connectivity index (χ2v) is 4.76. The van der Waals surface area contributed by atoms with E-state index in [0.717, 1.165) is 25.0 Å². The zero-order valence-electron chi connectivity index (χ0n) is 10.1. The van der Waals surface area contributed by atoms with Crippen molar-refractivity contribution in [3.05, 3.63) is 36.3 Å². The number of rotatable bonds is 1. The maximum Gasteiger partial charge on any atom is 0.255 e.